The van der Waals surface area contributed by atoms with Gasteiger partial charge in [0, 0.05) is 29.2 Å². The zero-order chi connectivity index (χ0) is 18.8. The molecule has 0 aliphatic heterocycles. The largest absolute Gasteiger partial charge is 0.384 e. The van der Waals surface area contributed by atoms with Crippen LogP contribution in [0.3, 0.4) is 0 Å². The van der Waals surface area contributed by atoms with Gasteiger partial charge in [-0.2, -0.15) is 0 Å². The van der Waals surface area contributed by atoms with E-state index in [1.165, 1.54) is 12.1 Å². The van der Waals surface area contributed by atoms with E-state index < -0.39 is 0 Å². The van der Waals surface area contributed by atoms with E-state index in [-0.39, 0.29) is 24.0 Å². The first-order valence-electron chi connectivity index (χ1n) is 8.42. The van der Waals surface area contributed by atoms with E-state index in [1.807, 2.05) is 30.3 Å². The topological polar surface area (TPSA) is 60.9 Å². The summed E-state index contributed by atoms with van der Waals surface area (Å²) >= 11 is 0. The number of carbonyl (C=O) groups is 1. The van der Waals surface area contributed by atoms with Crippen molar-refractivity contribution in [1.82, 2.24) is 9.55 Å². The minimum absolute atomic E-state index is 0. The quantitative estimate of drug-likeness (QED) is 0.501. The van der Waals surface area contributed by atoms with E-state index in [0.717, 1.165) is 5.56 Å². The molecular formula is C22H17ClFN3O. The lowest BCUT2D eigenvalue weighted by atomic mass is 10.0. The van der Waals surface area contributed by atoms with Gasteiger partial charge in [-0.05, 0) is 42.5 Å². The van der Waals surface area contributed by atoms with Gasteiger partial charge in [-0.15, -0.1) is 12.4 Å². The van der Waals surface area contributed by atoms with Crippen molar-refractivity contribution in [2.45, 2.75) is 0 Å². The fourth-order valence-corrected chi connectivity index (χ4v) is 3.05. The predicted octanol–water partition coefficient (Wildman–Crippen LogP) is 4.91. The van der Waals surface area contributed by atoms with E-state index in [0.29, 0.717) is 28.3 Å². The molecule has 2 N–H and O–H groups in total. The summed E-state index contributed by atoms with van der Waals surface area (Å²) in [5.41, 5.74) is 9.51. The maximum Gasteiger partial charge on any atom is 0.196 e. The number of carbonyl (C=O) groups excluding carboxylic acids is 1. The SMILES string of the molecule is Cl.Nc1c(C(=O)c2ccccc2)cc(-c2cccnc2)n1-c1ccc(F)cc1. The Morgan fingerprint density at radius 1 is 0.964 bits per heavy atom. The van der Waals surface area contributed by atoms with Crippen molar-refractivity contribution in [2.24, 2.45) is 0 Å². The van der Waals surface area contributed by atoms with Crippen molar-refractivity contribution in [3.05, 3.63) is 102 Å². The van der Waals surface area contributed by atoms with Crippen LogP contribution in [0.2, 0.25) is 0 Å². The summed E-state index contributed by atoms with van der Waals surface area (Å²) in [5.74, 6) is -0.207. The molecule has 0 bridgehead atoms. The fourth-order valence-electron chi connectivity index (χ4n) is 3.05. The van der Waals surface area contributed by atoms with Gasteiger partial charge < -0.3 is 5.73 Å². The van der Waals surface area contributed by atoms with Gasteiger partial charge in [0.1, 0.15) is 11.6 Å². The van der Waals surface area contributed by atoms with E-state index in [1.54, 1.807) is 47.3 Å². The van der Waals surface area contributed by atoms with Crippen LogP contribution in [0.25, 0.3) is 16.9 Å². The molecule has 0 atom stereocenters. The molecule has 0 saturated carbocycles. The second kappa shape index (κ2) is 8.06. The van der Waals surface area contributed by atoms with Crippen LogP contribution in [-0.4, -0.2) is 15.3 Å². The zero-order valence-corrected chi connectivity index (χ0v) is 15.6. The molecule has 0 spiro atoms. The first-order valence-corrected chi connectivity index (χ1v) is 8.42. The van der Waals surface area contributed by atoms with Crippen LogP contribution in [0.1, 0.15) is 15.9 Å². The van der Waals surface area contributed by atoms with Crippen LogP contribution in [0.5, 0.6) is 0 Å². The van der Waals surface area contributed by atoms with Gasteiger partial charge in [0.05, 0.1) is 11.3 Å². The normalized spacial score (nSPS) is 10.3. The second-order valence-electron chi connectivity index (χ2n) is 6.08. The van der Waals surface area contributed by atoms with Crippen molar-refractivity contribution in [2.75, 3.05) is 5.73 Å². The molecule has 0 unspecified atom stereocenters. The first-order chi connectivity index (χ1) is 13.1. The molecule has 4 rings (SSSR count). The highest BCUT2D eigenvalue weighted by Crippen LogP contribution is 2.32. The van der Waals surface area contributed by atoms with Crippen LogP contribution in [0.4, 0.5) is 10.2 Å². The Kier molecular flexibility index (Phi) is 5.57. The van der Waals surface area contributed by atoms with Crippen LogP contribution < -0.4 is 5.73 Å². The molecule has 0 aliphatic rings. The van der Waals surface area contributed by atoms with Gasteiger partial charge >= 0.3 is 0 Å². The number of nitrogens with zero attached hydrogens (tertiary/aromatic N) is 2. The number of benzene rings is 2. The molecule has 0 amide bonds. The maximum atomic E-state index is 13.4. The third kappa shape index (κ3) is 3.52. The van der Waals surface area contributed by atoms with Crippen molar-refractivity contribution in [3.63, 3.8) is 0 Å². The predicted molar refractivity (Wildman–Crippen MR) is 110 cm³/mol. The molecule has 2 aromatic heterocycles. The molecular weight excluding hydrogens is 377 g/mol. The van der Waals surface area contributed by atoms with Crippen molar-refractivity contribution in [1.29, 1.82) is 0 Å². The molecule has 140 valence electrons. The lowest BCUT2D eigenvalue weighted by Gasteiger charge is -2.11. The number of hydrogen-bond acceptors (Lipinski definition) is 3. The molecule has 0 saturated heterocycles. The van der Waals surface area contributed by atoms with Gasteiger partial charge in [0.2, 0.25) is 0 Å². The summed E-state index contributed by atoms with van der Waals surface area (Å²) in [6.45, 7) is 0. The van der Waals surface area contributed by atoms with Gasteiger partial charge in [-0.1, -0.05) is 30.3 Å². The molecule has 2 heterocycles. The molecule has 4 nitrogen and oxygen atoms in total. The van der Waals surface area contributed by atoms with Crippen LogP contribution in [0.15, 0.2) is 85.2 Å². The molecule has 28 heavy (non-hydrogen) atoms. The Hall–Kier alpha value is -3.44. The minimum atomic E-state index is -0.340. The Morgan fingerprint density at radius 2 is 1.68 bits per heavy atom. The number of ketones is 1. The van der Waals surface area contributed by atoms with Gasteiger partial charge in [0.15, 0.2) is 5.78 Å². The highest BCUT2D eigenvalue weighted by molar-refractivity contribution is 6.12. The summed E-state index contributed by atoms with van der Waals surface area (Å²) < 4.78 is 15.1. The number of nitrogen functional groups attached to an aromatic ring is 1. The second-order valence-corrected chi connectivity index (χ2v) is 6.08. The molecule has 4 aromatic rings. The first kappa shape index (κ1) is 19.3. The molecule has 0 radical (unpaired) electrons. The maximum absolute atomic E-state index is 13.4. The fraction of sp³-hybridized carbons (Fsp3) is 0. The van der Waals surface area contributed by atoms with Gasteiger partial charge in [-0.3, -0.25) is 14.3 Å². The number of nitrogens with two attached hydrogens (primary N) is 1. The summed E-state index contributed by atoms with van der Waals surface area (Å²) in [6.07, 6.45) is 3.37. The number of aromatic nitrogens is 2. The van der Waals surface area contributed by atoms with E-state index in [9.17, 15) is 9.18 Å². The highest BCUT2D eigenvalue weighted by atomic mass is 35.5. The summed E-state index contributed by atoms with van der Waals surface area (Å²) in [7, 11) is 0. The highest BCUT2D eigenvalue weighted by Gasteiger charge is 2.21. The number of anilines is 1. The average molecular weight is 394 g/mol. The summed E-state index contributed by atoms with van der Waals surface area (Å²) in [5, 5.41) is 0. The average Bonchev–Trinajstić information content (AvgIpc) is 3.06. The standard InChI is InChI=1S/C22H16FN3O.ClH/c23-17-8-10-18(11-9-17)26-20(16-7-4-12-25-14-16)13-19(22(26)24)21(27)15-5-2-1-3-6-15;/h1-14H,24H2;1H. The number of pyridine rings is 1. The summed E-state index contributed by atoms with van der Waals surface area (Å²) in [4.78, 5) is 17.1. The number of rotatable bonds is 4. The number of hydrogen-bond donors (Lipinski definition) is 1. The van der Waals surface area contributed by atoms with E-state index in [4.69, 9.17) is 5.73 Å². The van der Waals surface area contributed by atoms with Crippen molar-refractivity contribution < 1.29 is 9.18 Å². The zero-order valence-electron chi connectivity index (χ0n) is 14.7. The number of halogens is 2. The molecule has 6 heteroatoms. The van der Waals surface area contributed by atoms with Crippen molar-refractivity contribution in [3.8, 4) is 16.9 Å². The van der Waals surface area contributed by atoms with Gasteiger partial charge in [-0.25, -0.2) is 4.39 Å². The molecule has 2 aromatic carbocycles. The lowest BCUT2D eigenvalue weighted by molar-refractivity contribution is 0.103. The van der Waals surface area contributed by atoms with Crippen LogP contribution >= 0.6 is 12.4 Å². The lowest BCUT2D eigenvalue weighted by Crippen LogP contribution is -2.07. The van der Waals surface area contributed by atoms with Gasteiger partial charge in [0.25, 0.3) is 0 Å². The Morgan fingerprint density at radius 3 is 2.32 bits per heavy atom. The van der Waals surface area contributed by atoms with E-state index in [2.05, 4.69) is 4.98 Å². The minimum Gasteiger partial charge on any atom is -0.384 e. The van der Waals surface area contributed by atoms with E-state index >= 15 is 0 Å². The smallest absolute Gasteiger partial charge is 0.196 e. The molecule has 0 fully saturated rings. The van der Waals surface area contributed by atoms with Crippen LogP contribution in [0, 0.1) is 5.82 Å². The van der Waals surface area contributed by atoms with Crippen LogP contribution in [-0.2, 0) is 0 Å². The third-order valence-corrected chi connectivity index (χ3v) is 4.36. The Bertz CT molecular complexity index is 1090. The Balaban J connectivity index is 0.00000225. The van der Waals surface area contributed by atoms with Crippen molar-refractivity contribution >= 4 is 24.0 Å². The monoisotopic (exact) mass is 393 g/mol. The molecule has 0 aliphatic carbocycles. The summed E-state index contributed by atoms with van der Waals surface area (Å²) in [6, 6.07) is 20.4. The third-order valence-electron chi connectivity index (χ3n) is 4.36. The Labute approximate surface area is 167 Å².